The largest absolute Gasteiger partial charge is 0.463 e. The van der Waals surface area contributed by atoms with Crippen LogP contribution in [0.1, 0.15) is 47.4 Å². The van der Waals surface area contributed by atoms with Crippen molar-refractivity contribution in [2.45, 2.75) is 38.8 Å². The first-order chi connectivity index (χ1) is 15.2. The van der Waals surface area contributed by atoms with Crippen LogP contribution in [0.25, 0.3) is 0 Å². The van der Waals surface area contributed by atoms with E-state index in [0.717, 1.165) is 9.80 Å². The van der Waals surface area contributed by atoms with Crippen LogP contribution in [-0.4, -0.2) is 78.7 Å². The van der Waals surface area contributed by atoms with Gasteiger partial charge in [-0.2, -0.15) is 0 Å². The van der Waals surface area contributed by atoms with Crippen LogP contribution in [-0.2, 0) is 19.1 Å². The lowest BCUT2D eigenvalue weighted by atomic mass is 10.0. The summed E-state index contributed by atoms with van der Waals surface area (Å²) in [5.41, 5.74) is 0.937. The van der Waals surface area contributed by atoms with Gasteiger partial charge in [-0.05, 0) is 31.5 Å². The maximum absolute atomic E-state index is 13.1. The van der Waals surface area contributed by atoms with Crippen LogP contribution in [0, 0.1) is 5.92 Å². The molecule has 2 atom stereocenters. The Hall–Kier alpha value is -3.27. The van der Waals surface area contributed by atoms with Gasteiger partial charge in [0.15, 0.2) is 0 Å². The molecule has 1 unspecified atom stereocenters. The van der Waals surface area contributed by atoms with Crippen LogP contribution in [0.5, 0.6) is 0 Å². The van der Waals surface area contributed by atoms with Gasteiger partial charge in [0.25, 0.3) is 17.7 Å². The van der Waals surface area contributed by atoms with Gasteiger partial charge in [0.2, 0.25) is 5.91 Å². The van der Waals surface area contributed by atoms with Crippen molar-refractivity contribution in [1.82, 2.24) is 15.1 Å². The number of nitrogens with one attached hydrogen (secondary N) is 2. The monoisotopic (exact) mass is 444 g/mol. The molecule has 0 radical (unpaired) electrons. The van der Waals surface area contributed by atoms with E-state index in [2.05, 4.69) is 10.6 Å². The molecule has 3 rings (SSSR count). The number of piperidine rings is 1. The summed E-state index contributed by atoms with van der Waals surface area (Å²) in [7, 11) is 3.29. The van der Waals surface area contributed by atoms with Crippen molar-refractivity contribution >= 4 is 35.3 Å². The van der Waals surface area contributed by atoms with Crippen molar-refractivity contribution in [3.63, 3.8) is 0 Å². The number of benzene rings is 1. The summed E-state index contributed by atoms with van der Waals surface area (Å²) in [4.78, 5) is 65.5. The number of fused-ring (bicyclic) bond motifs is 1. The number of anilines is 1. The van der Waals surface area contributed by atoms with Gasteiger partial charge < -0.3 is 15.4 Å². The van der Waals surface area contributed by atoms with E-state index < -0.39 is 41.7 Å². The van der Waals surface area contributed by atoms with E-state index >= 15 is 0 Å². The summed E-state index contributed by atoms with van der Waals surface area (Å²) in [6.07, 6.45) is 0.0608. The molecular weight excluding hydrogens is 416 g/mol. The molecular formula is C22H28N4O6. The molecule has 1 saturated heterocycles. The van der Waals surface area contributed by atoms with Gasteiger partial charge in [-0.15, -0.1) is 0 Å². The topological polar surface area (TPSA) is 125 Å². The fraction of sp³-hybridized carbons (Fsp3) is 0.500. The molecule has 1 aromatic rings. The molecule has 10 heteroatoms. The van der Waals surface area contributed by atoms with Gasteiger partial charge in [0.1, 0.15) is 18.7 Å². The maximum Gasteiger partial charge on any atom is 0.323 e. The number of hydrogen-bond acceptors (Lipinski definition) is 8. The van der Waals surface area contributed by atoms with Gasteiger partial charge in [-0.3, -0.25) is 33.8 Å². The summed E-state index contributed by atoms with van der Waals surface area (Å²) in [6, 6.07) is 3.29. The number of likely N-dealkylation sites (tertiary alicyclic amines) is 1. The Kier molecular flexibility index (Phi) is 6.93. The number of hydrogen-bond donors (Lipinski definition) is 2. The van der Waals surface area contributed by atoms with Crippen LogP contribution < -0.4 is 10.6 Å². The minimum absolute atomic E-state index is 0.00176. The summed E-state index contributed by atoms with van der Waals surface area (Å²) >= 11 is 0. The first kappa shape index (κ1) is 23.4. The van der Waals surface area contributed by atoms with Crippen LogP contribution in [0.15, 0.2) is 18.2 Å². The Balaban J connectivity index is 1.72. The summed E-state index contributed by atoms with van der Waals surface area (Å²) in [5.74, 6) is -2.67. The Labute approximate surface area is 186 Å². The predicted molar refractivity (Wildman–Crippen MR) is 115 cm³/mol. The van der Waals surface area contributed by atoms with E-state index in [9.17, 15) is 24.0 Å². The first-order valence-electron chi connectivity index (χ1n) is 10.6. The van der Waals surface area contributed by atoms with Crippen molar-refractivity contribution in [2.75, 3.05) is 32.6 Å². The molecule has 2 heterocycles. The lowest BCUT2D eigenvalue weighted by Crippen LogP contribution is -2.56. The second-order valence-corrected chi connectivity index (χ2v) is 8.07. The number of ether oxygens (including phenoxy) is 1. The van der Waals surface area contributed by atoms with Crippen molar-refractivity contribution in [1.29, 1.82) is 0 Å². The minimum Gasteiger partial charge on any atom is -0.463 e. The molecule has 0 spiro atoms. The van der Waals surface area contributed by atoms with Crippen molar-refractivity contribution in [3.05, 3.63) is 29.3 Å². The number of nitrogens with zero attached hydrogens (tertiary/aromatic N) is 2. The Morgan fingerprint density at radius 2 is 1.88 bits per heavy atom. The smallest absolute Gasteiger partial charge is 0.323 e. The van der Waals surface area contributed by atoms with Gasteiger partial charge in [-0.25, -0.2) is 0 Å². The molecule has 0 saturated carbocycles. The van der Waals surface area contributed by atoms with Crippen molar-refractivity contribution < 1.29 is 28.7 Å². The number of esters is 1. The van der Waals surface area contributed by atoms with Gasteiger partial charge in [0, 0.05) is 19.2 Å². The molecule has 10 nitrogen and oxygen atoms in total. The molecule has 1 fully saturated rings. The lowest BCUT2D eigenvalue weighted by molar-refractivity contribution is -0.156. The highest BCUT2D eigenvalue weighted by Gasteiger charge is 2.47. The van der Waals surface area contributed by atoms with Crippen LogP contribution in [0.2, 0.25) is 0 Å². The molecule has 4 amide bonds. The lowest BCUT2D eigenvalue weighted by Gasteiger charge is -2.34. The van der Waals surface area contributed by atoms with E-state index in [-0.39, 0.29) is 43.0 Å². The fourth-order valence-electron chi connectivity index (χ4n) is 4.14. The van der Waals surface area contributed by atoms with Gasteiger partial charge in [0.05, 0.1) is 17.7 Å². The maximum atomic E-state index is 13.1. The van der Waals surface area contributed by atoms with E-state index in [1.807, 2.05) is 13.8 Å². The van der Waals surface area contributed by atoms with E-state index in [1.54, 1.807) is 32.3 Å². The first-order valence-corrected chi connectivity index (χ1v) is 10.6. The highest BCUT2D eigenvalue weighted by Crippen LogP contribution is 2.33. The number of carbonyl (C=O) groups excluding carboxylic acids is 5. The number of rotatable bonds is 8. The molecule has 32 heavy (non-hydrogen) atoms. The second kappa shape index (κ2) is 9.47. The Morgan fingerprint density at radius 1 is 1.16 bits per heavy atom. The minimum atomic E-state index is -1.08. The normalized spacial score (nSPS) is 19.5. The van der Waals surface area contributed by atoms with Crippen LogP contribution in [0.4, 0.5) is 5.69 Å². The molecule has 0 bridgehead atoms. The number of imide groups is 2. The molecule has 1 aromatic carbocycles. The van der Waals surface area contributed by atoms with Gasteiger partial charge in [-0.1, -0.05) is 19.9 Å². The third kappa shape index (κ3) is 4.10. The number of carbonyl (C=O) groups is 5. The zero-order chi connectivity index (χ0) is 23.6. The second-order valence-electron chi connectivity index (χ2n) is 8.07. The summed E-state index contributed by atoms with van der Waals surface area (Å²) < 4.78 is 5.24. The third-order valence-corrected chi connectivity index (χ3v) is 5.80. The Morgan fingerprint density at radius 3 is 2.50 bits per heavy atom. The van der Waals surface area contributed by atoms with Crippen LogP contribution >= 0.6 is 0 Å². The highest BCUT2D eigenvalue weighted by atomic mass is 16.5. The average Bonchev–Trinajstić information content (AvgIpc) is 3.01. The fourth-order valence-corrected chi connectivity index (χ4v) is 4.14. The number of likely N-dealkylation sites (N-methyl/N-ethyl adjacent to an activating group) is 1. The standard InChI is InChI=1S/C22H28N4O6/c1-12(2)18(24-4)22(31)32-11-10-25-16(27)9-8-15(20(25)29)26-19(28)13-6-5-7-14(23-3)17(13)21(26)30/h5-7,12,15,18,23-24H,8-11H2,1-4H3/t15?,18-/m0/s1. The van der Waals surface area contributed by atoms with Crippen LogP contribution in [0.3, 0.4) is 0 Å². The van der Waals surface area contributed by atoms with Crippen molar-refractivity contribution in [3.8, 4) is 0 Å². The number of amides is 4. The molecule has 2 aliphatic heterocycles. The SMILES string of the molecule is CNc1cccc2c1C(=O)N(C1CCC(=O)N(CCOC(=O)[C@@H](NC)C(C)C)C1=O)C2=O. The average molecular weight is 444 g/mol. The Bertz CT molecular complexity index is 960. The molecule has 0 aromatic heterocycles. The quantitative estimate of drug-likeness (QED) is 0.442. The molecule has 2 N–H and O–H groups in total. The zero-order valence-corrected chi connectivity index (χ0v) is 18.6. The van der Waals surface area contributed by atoms with E-state index in [4.69, 9.17) is 4.74 Å². The van der Waals surface area contributed by atoms with E-state index in [1.165, 1.54) is 0 Å². The zero-order valence-electron chi connectivity index (χ0n) is 18.6. The summed E-state index contributed by atoms with van der Waals surface area (Å²) in [6.45, 7) is 3.43. The molecule has 0 aliphatic carbocycles. The predicted octanol–water partition coefficient (Wildman–Crippen LogP) is 0.629. The van der Waals surface area contributed by atoms with Gasteiger partial charge >= 0.3 is 5.97 Å². The summed E-state index contributed by atoms with van der Waals surface area (Å²) in [5, 5.41) is 5.76. The molecule has 172 valence electrons. The highest BCUT2D eigenvalue weighted by molar-refractivity contribution is 6.25. The third-order valence-electron chi connectivity index (χ3n) is 5.80. The van der Waals surface area contributed by atoms with Crippen molar-refractivity contribution in [2.24, 2.45) is 5.92 Å². The van der Waals surface area contributed by atoms with E-state index in [0.29, 0.717) is 5.69 Å². The molecule has 2 aliphatic rings.